The molecule has 152 valence electrons. The van der Waals surface area contributed by atoms with Crippen molar-refractivity contribution in [1.82, 2.24) is 14.7 Å². The van der Waals surface area contributed by atoms with Crippen molar-refractivity contribution in [1.29, 1.82) is 0 Å². The quantitative estimate of drug-likeness (QED) is 0.590. The van der Waals surface area contributed by atoms with E-state index < -0.39 is 18.1 Å². The van der Waals surface area contributed by atoms with Crippen molar-refractivity contribution < 1.29 is 19.1 Å². The lowest BCUT2D eigenvalue weighted by molar-refractivity contribution is -0.148. The number of aromatic nitrogens is 2. The third-order valence-corrected chi connectivity index (χ3v) is 4.46. The number of imidazole rings is 1. The lowest BCUT2D eigenvalue weighted by Gasteiger charge is -2.20. The molecule has 0 bridgehead atoms. The minimum atomic E-state index is -0.829. The van der Waals surface area contributed by atoms with E-state index >= 15 is 0 Å². The summed E-state index contributed by atoms with van der Waals surface area (Å²) in [7, 11) is 0. The van der Waals surface area contributed by atoms with E-state index in [-0.39, 0.29) is 19.1 Å². The molecule has 3 aromatic rings. The predicted octanol–water partition coefficient (Wildman–Crippen LogP) is 3.98. The Morgan fingerprint density at radius 1 is 1.07 bits per heavy atom. The van der Waals surface area contributed by atoms with Crippen molar-refractivity contribution >= 4 is 29.3 Å². The maximum Gasteiger partial charge on any atom is 0.408 e. The van der Waals surface area contributed by atoms with Crippen LogP contribution in [-0.4, -0.2) is 27.5 Å². The lowest BCUT2D eigenvalue weighted by Crippen LogP contribution is -2.45. The van der Waals surface area contributed by atoms with Gasteiger partial charge < -0.3 is 19.2 Å². The van der Waals surface area contributed by atoms with Crippen molar-refractivity contribution in [2.24, 2.45) is 5.92 Å². The summed E-state index contributed by atoms with van der Waals surface area (Å²) in [4.78, 5) is 28.9. The summed E-state index contributed by atoms with van der Waals surface area (Å²) in [5.41, 5.74) is 2.14. The number of carbonyl (C=O) groups is 2. The van der Waals surface area contributed by atoms with E-state index in [0.717, 1.165) is 5.56 Å². The average molecular weight is 416 g/mol. The van der Waals surface area contributed by atoms with Gasteiger partial charge in [-0.05, 0) is 23.6 Å². The lowest BCUT2D eigenvalue weighted by atomic mass is 10.1. The van der Waals surface area contributed by atoms with Gasteiger partial charge in [0.25, 0.3) is 0 Å². The van der Waals surface area contributed by atoms with Gasteiger partial charge in [-0.1, -0.05) is 55.8 Å². The van der Waals surface area contributed by atoms with E-state index in [9.17, 15) is 9.59 Å². The number of esters is 1. The number of carbonyl (C=O) groups excluding carboxylic acids is 2. The standard InChI is InChI=1S/C21H22ClN3O4/c1-14(2)19(24-21(27)29-12-15-6-4-3-5-7-15)20(26)28-13-17-11-25-10-16(22)8-9-18(25)23-17/h3-11,14,19H,12-13H2,1-2H3,(H,24,27)/t19-/m0/s1. The maximum atomic E-state index is 12.5. The number of rotatable bonds is 7. The van der Waals surface area contributed by atoms with E-state index in [1.807, 2.05) is 44.2 Å². The van der Waals surface area contributed by atoms with Crippen LogP contribution in [0.1, 0.15) is 25.1 Å². The third kappa shape index (κ3) is 5.71. The van der Waals surface area contributed by atoms with E-state index in [1.54, 1.807) is 28.9 Å². The fourth-order valence-electron chi connectivity index (χ4n) is 2.71. The Morgan fingerprint density at radius 2 is 1.83 bits per heavy atom. The molecule has 0 spiro atoms. The summed E-state index contributed by atoms with van der Waals surface area (Å²) in [5.74, 6) is -0.724. The van der Waals surface area contributed by atoms with Gasteiger partial charge in [0.1, 0.15) is 24.9 Å². The molecule has 1 amide bonds. The minimum absolute atomic E-state index is 0.0118. The molecule has 0 aliphatic heterocycles. The highest BCUT2D eigenvalue weighted by molar-refractivity contribution is 6.30. The Balaban J connectivity index is 1.54. The molecule has 0 saturated carbocycles. The van der Waals surface area contributed by atoms with Crippen LogP contribution in [0.25, 0.3) is 5.65 Å². The van der Waals surface area contributed by atoms with Crippen LogP contribution in [0.15, 0.2) is 54.9 Å². The molecule has 0 radical (unpaired) electrons. The Hall–Kier alpha value is -3.06. The number of benzene rings is 1. The fraction of sp³-hybridized carbons (Fsp3) is 0.286. The normalized spacial score (nSPS) is 12.0. The van der Waals surface area contributed by atoms with E-state index in [1.165, 1.54) is 0 Å². The van der Waals surface area contributed by atoms with Crippen LogP contribution in [0.2, 0.25) is 5.02 Å². The molecule has 8 heteroatoms. The molecular formula is C21H22ClN3O4. The molecule has 29 heavy (non-hydrogen) atoms. The van der Waals surface area contributed by atoms with Gasteiger partial charge in [-0.25, -0.2) is 14.6 Å². The van der Waals surface area contributed by atoms with Gasteiger partial charge in [-0.2, -0.15) is 0 Å². The number of pyridine rings is 1. The van der Waals surface area contributed by atoms with E-state index in [2.05, 4.69) is 10.3 Å². The third-order valence-electron chi connectivity index (χ3n) is 4.23. The predicted molar refractivity (Wildman–Crippen MR) is 108 cm³/mol. The van der Waals surface area contributed by atoms with Crippen LogP contribution in [0.5, 0.6) is 0 Å². The zero-order valence-corrected chi connectivity index (χ0v) is 16.9. The smallest absolute Gasteiger partial charge is 0.408 e. The molecular weight excluding hydrogens is 394 g/mol. The van der Waals surface area contributed by atoms with Crippen LogP contribution >= 0.6 is 11.6 Å². The zero-order valence-electron chi connectivity index (χ0n) is 16.2. The van der Waals surface area contributed by atoms with Crippen LogP contribution in [0.4, 0.5) is 4.79 Å². The van der Waals surface area contributed by atoms with Crippen molar-refractivity contribution in [2.45, 2.75) is 33.1 Å². The first-order valence-electron chi connectivity index (χ1n) is 9.19. The molecule has 0 aliphatic carbocycles. The number of fused-ring (bicyclic) bond motifs is 1. The summed E-state index contributed by atoms with van der Waals surface area (Å²) >= 11 is 5.96. The second-order valence-corrected chi connectivity index (χ2v) is 7.32. The first-order valence-corrected chi connectivity index (χ1v) is 9.57. The number of alkyl carbamates (subject to hydrolysis) is 1. The highest BCUT2D eigenvalue weighted by atomic mass is 35.5. The van der Waals surface area contributed by atoms with Gasteiger partial charge in [0.2, 0.25) is 0 Å². The van der Waals surface area contributed by atoms with Crippen molar-refractivity contribution in [2.75, 3.05) is 0 Å². The number of nitrogens with one attached hydrogen (secondary N) is 1. The molecule has 3 rings (SSSR count). The Kier molecular flexibility index (Phi) is 6.72. The highest BCUT2D eigenvalue weighted by Gasteiger charge is 2.26. The summed E-state index contributed by atoms with van der Waals surface area (Å²) < 4.78 is 12.3. The van der Waals surface area contributed by atoms with Gasteiger partial charge in [-0.3, -0.25) is 0 Å². The highest BCUT2D eigenvalue weighted by Crippen LogP contribution is 2.13. The largest absolute Gasteiger partial charge is 0.458 e. The Bertz CT molecular complexity index is 988. The molecule has 0 fully saturated rings. The molecule has 2 heterocycles. The summed E-state index contributed by atoms with van der Waals surface area (Å²) in [6, 6.07) is 12.0. The average Bonchev–Trinajstić information content (AvgIpc) is 3.11. The summed E-state index contributed by atoms with van der Waals surface area (Å²) in [6.45, 7) is 3.74. The number of amides is 1. The van der Waals surface area contributed by atoms with Crippen LogP contribution in [0.3, 0.4) is 0 Å². The monoisotopic (exact) mass is 415 g/mol. The Morgan fingerprint density at radius 3 is 2.55 bits per heavy atom. The zero-order chi connectivity index (χ0) is 20.8. The van der Waals surface area contributed by atoms with Gasteiger partial charge in [-0.15, -0.1) is 0 Å². The van der Waals surface area contributed by atoms with Gasteiger partial charge in [0, 0.05) is 12.4 Å². The second kappa shape index (κ2) is 9.43. The molecule has 1 N–H and O–H groups in total. The molecule has 0 saturated heterocycles. The molecule has 1 aromatic carbocycles. The molecule has 0 unspecified atom stereocenters. The van der Waals surface area contributed by atoms with Gasteiger partial charge in [0.05, 0.1) is 10.7 Å². The molecule has 1 atom stereocenters. The Labute approximate surface area is 173 Å². The van der Waals surface area contributed by atoms with E-state index in [0.29, 0.717) is 16.4 Å². The van der Waals surface area contributed by atoms with Crippen LogP contribution in [0, 0.1) is 5.92 Å². The molecule has 2 aromatic heterocycles. The first-order chi connectivity index (χ1) is 13.9. The number of ether oxygens (including phenoxy) is 2. The second-order valence-electron chi connectivity index (χ2n) is 6.88. The molecule has 0 aliphatic rings. The van der Waals surface area contributed by atoms with Gasteiger partial charge in [0.15, 0.2) is 0 Å². The first kappa shape index (κ1) is 20.7. The number of nitrogens with zero attached hydrogens (tertiary/aromatic N) is 2. The fourth-order valence-corrected chi connectivity index (χ4v) is 2.88. The SMILES string of the molecule is CC(C)[C@H](NC(=O)OCc1ccccc1)C(=O)OCc1cn2cc(Cl)ccc2n1. The molecule has 7 nitrogen and oxygen atoms in total. The van der Waals surface area contributed by atoms with Crippen molar-refractivity contribution in [3.05, 3.63) is 71.1 Å². The van der Waals surface area contributed by atoms with Gasteiger partial charge >= 0.3 is 12.1 Å². The van der Waals surface area contributed by atoms with Crippen molar-refractivity contribution in [3.8, 4) is 0 Å². The minimum Gasteiger partial charge on any atom is -0.458 e. The van der Waals surface area contributed by atoms with Crippen molar-refractivity contribution in [3.63, 3.8) is 0 Å². The van der Waals surface area contributed by atoms with E-state index in [4.69, 9.17) is 21.1 Å². The number of hydrogen-bond donors (Lipinski definition) is 1. The maximum absolute atomic E-state index is 12.5. The topological polar surface area (TPSA) is 81.9 Å². The summed E-state index contributed by atoms with van der Waals surface area (Å²) in [5, 5.41) is 3.16. The number of hydrogen-bond acceptors (Lipinski definition) is 5. The summed E-state index contributed by atoms with van der Waals surface area (Å²) in [6.07, 6.45) is 2.78. The van der Waals surface area contributed by atoms with Crippen LogP contribution < -0.4 is 5.32 Å². The van der Waals surface area contributed by atoms with Crippen LogP contribution in [-0.2, 0) is 27.5 Å². The number of halogens is 1.